The Bertz CT molecular complexity index is 944. The lowest BCUT2D eigenvalue weighted by Crippen LogP contribution is -2.35. The molecular formula is C21H28ClN3O3S. The van der Waals surface area contributed by atoms with Gasteiger partial charge in [-0.25, -0.2) is 8.42 Å². The molecule has 0 aromatic heterocycles. The number of hydrogen-bond acceptors (Lipinski definition) is 4. The van der Waals surface area contributed by atoms with E-state index in [0.717, 1.165) is 5.56 Å². The van der Waals surface area contributed by atoms with Crippen LogP contribution in [0, 0.1) is 0 Å². The first-order valence-electron chi connectivity index (χ1n) is 9.51. The van der Waals surface area contributed by atoms with E-state index in [2.05, 4.69) is 5.32 Å². The molecule has 158 valence electrons. The molecule has 6 nitrogen and oxygen atoms in total. The maximum atomic E-state index is 12.7. The number of amides is 1. The van der Waals surface area contributed by atoms with Crippen LogP contribution in [0.5, 0.6) is 0 Å². The van der Waals surface area contributed by atoms with Crippen LogP contribution in [-0.4, -0.2) is 57.3 Å². The summed E-state index contributed by atoms with van der Waals surface area (Å²) in [5.74, 6) is -0.333. The molecule has 0 spiro atoms. The lowest BCUT2D eigenvalue weighted by Gasteiger charge is -2.26. The quantitative estimate of drug-likeness (QED) is 0.652. The number of nitrogens with zero attached hydrogens (tertiary/aromatic N) is 2. The van der Waals surface area contributed by atoms with Crippen molar-refractivity contribution in [2.45, 2.75) is 24.8 Å². The van der Waals surface area contributed by atoms with Crippen molar-refractivity contribution >= 4 is 27.5 Å². The van der Waals surface area contributed by atoms with Crippen LogP contribution >= 0.6 is 11.6 Å². The smallest absolute Gasteiger partial charge is 0.251 e. The van der Waals surface area contributed by atoms with Gasteiger partial charge in [0.25, 0.3) is 5.91 Å². The third-order valence-electron chi connectivity index (χ3n) is 4.78. The van der Waals surface area contributed by atoms with E-state index in [-0.39, 0.29) is 16.8 Å². The summed E-state index contributed by atoms with van der Waals surface area (Å²) in [7, 11) is 0.205. The van der Waals surface area contributed by atoms with E-state index in [1.807, 2.05) is 43.3 Å². The molecule has 0 saturated heterocycles. The summed E-state index contributed by atoms with van der Waals surface area (Å²) in [4.78, 5) is 14.8. The Kier molecular flexibility index (Phi) is 8.22. The van der Waals surface area contributed by atoms with Gasteiger partial charge >= 0.3 is 0 Å². The highest BCUT2D eigenvalue weighted by molar-refractivity contribution is 7.89. The van der Waals surface area contributed by atoms with E-state index in [1.165, 1.54) is 16.4 Å². The molecule has 29 heavy (non-hydrogen) atoms. The van der Waals surface area contributed by atoms with Gasteiger partial charge in [0, 0.05) is 30.2 Å². The predicted octanol–water partition coefficient (Wildman–Crippen LogP) is 3.40. The summed E-state index contributed by atoms with van der Waals surface area (Å²) in [5, 5.41) is 3.53. The highest BCUT2D eigenvalue weighted by Gasteiger charge is 2.23. The Hall–Kier alpha value is -1.93. The minimum atomic E-state index is -3.62. The first-order valence-corrected chi connectivity index (χ1v) is 11.3. The van der Waals surface area contributed by atoms with Crippen LogP contribution in [0.4, 0.5) is 0 Å². The molecule has 0 aliphatic rings. The highest BCUT2D eigenvalue weighted by Crippen LogP contribution is 2.25. The van der Waals surface area contributed by atoms with E-state index in [0.29, 0.717) is 30.2 Å². The minimum absolute atomic E-state index is 0.115. The van der Waals surface area contributed by atoms with Crippen molar-refractivity contribution in [3.05, 3.63) is 64.7 Å². The van der Waals surface area contributed by atoms with Crippen molar-refractivity contribution < 1.29 is 13.2 Å². The number of benzene rings is 2. The zero-order valence-corrected chi connectivity index (χ0v) is 18.8. The van der Waals surface area contributed by atoms with Gasteiger partial charge in [0.2, 0.25) is 10.0 Å². The molecule has 0 fully saturated rings. The number of halogens is 1. The molecule has 1 amide bonds. The third kappa shape index (κ3) is 5.57. The molecule has 0 aliphatic carbocycles. The first-order chi connectivity index (χ1) is 13.7. The van der Waals surface area contributed by atoms with E-state index >= 15 is 0 Å². The van der Waals surface area contributed by atoms with Crippen molar-refractivity contribution in [1.82, 2.24) is 14.5 Å². The van der Waals surface area contributed by atoms with Crippen molar-refractivity contribution in [1.29, 1.82) is 0 Å². The molecule has 1 N–H and O–H groups in total. The summed E-state index contributed by atoms with van der Waals surface area (Å²) in [6, 6.07) is 13.5. The molecule has 2 aromatic rings. The van der Waals surface area contributed by atoms with Gasteiger partial charge in [-0.2, -0.15) is 4.31 Å². The van der Waals surface area contributed by atoms with Crippen LogP contribution in [0.3, 0.4) is 0 Å². The number of hydrogen-bond donors (Lipinski definition) is 1. The van der Waals surface area contributed by atoms with Gasteiger partial charge in [0.15, 0.2) is 0 Å². The summed E-state index contributed by atoms with van der Waals surface area (Å²) >= 11 is 6.31. The Morgan fingerprint density at radius 1 is 1.07 bits per heavy atom. The molecular weight excluding hydrogens is 410 g/mol. The maximum Gasteiger partial charge on any atom is 0.251 e. The Balaban J connectivity index is 2.20. The molecule has 0 heterocycles. The SMILES string of the molecule is CCN(CC)S(=O)(=O)c1cccc(C(=O)NCC(c2ccccc2Cl)N(C)C)c1. The van der Waals surface area contributed by atoms with Crippen molar-refractivity contribution in [3.8, 4) is 0 Å². The lowest BCUT2D eigenvalue weighted by atomic mass is 10.1. The highest BCUT2D eigenvalue weighted by atomic mass is 35.5. The zero-order valence-electron chi connectivity index (χ0n) is 17.2. The second-order valence-corrected chi connectivity index (χ2v) is 9.17. The summed E-state index contributed by atoms with van der Waals surface area (Å²) in [6.45, 7) is 4.65. The van der Waals surface area contributed by atoms with E-state index < -0.39 is 10.0 Å². The fourth-order valence-corrected chi connectivity index (χ4v) is 4.88. The molecule has 2 aromatic carbocycles. The number of nitrogens with one attached hydrogen (secondary N) is 1. The Morgan fingerprint density at radius 2 is 1.72 bits per heavy atom. The fraction of sp³-hybridized carbons (Fsp3) is 0.381. The topological polar surface area (TPSA) is 69.7 Å². The van der Waals surface area contributed by atoms with Gasteiger partial charge in [-0.05, 0) is 43.9 Å². The third-order valence-corrected chi connectivity index (χ3v) is 7.17. The standard InChI is InChI=1S/C21H28ClN3O3S/c1-5-25(6-2)29(27,28)17-11-9-10-16(14-17)21(26)23-15-20(24(3)4)18-12-7-8-13-19(18)22/h7-14,20H,5-6,15H2,1-4H3,(H,23,26). The van der Waals surface area contributed by atoms with Crippen LogP contribution in [0.1, 0.15) is 35.8 Å². The van der Waals surface area contributed by atoms with Gasteiger partial charge < -0.3 is 10.2 Å². The molecule has 2 rings (SSSR count). The lowest BCUT2D eigenvalue weighted by molar-refractivity contribution is 0.0941. The van der Waals surface area contributed by atoms with Crippen molar-refractivity contribution in [2.75, 3.05) is 33.7 Å². The molecule has 0 saturated carbocycles. The van der Waals surface area contributed by atoms with Crippen LogP contribution in [0.25, 0.3) is 0 Å². The zero-order chi connectivity index (χ0) is 21.6. The largest absolute Gasteiger partial charge is 0.350 e. The summed E-state index contributed by atoms with van der Waals surface area (Å²) in [6.07, 6.45) is 0. The molecule has 1 unspecified atom stereocenters. The van der Waals surface area contributed by atoms with Crippen LogP contribution in [-0.2, 0) is 10.0 Å². The monoisotopic (exact) mass is 437 g/mol. The second kappa shape index (κ2) is 10.2. The van der Waals surface area contributed by atoms with Gasteiger partial charge in [-0.3, -0.25) is 4.79 Å². The number of carbonyl (C=O) groups excluding carboxylic acids is 1. The number of sulfonamides is 1. The first kappa shape index (κ1) is 23.3. The van der Waals surface area contributed by atoms with Crippen LogP contribution < -0.4 is 5.32 Å². The van der Waals surface area contributed by atoms with E-state index in [1.54, 1.807) is 26.0 Å². The number of likely N-dealkylation sites (N-methyl/N-ethyl adjacent to an activating group) is 1. The molecule has 0 radical (unpaired) electrons. The van der Waals surface area contributed by atoms with Crippen molar-refractivity contribution in [2.24, 2.45) is 0 Å². The Morgan fingerprint density at radius 3 is 2.31 bits per heavy atom. The molecule has 0 bridgehead atoms. The van der Waals surface area contributed by atoms with Gasteiger partial charge in [-0.1, -0.05) is 49.7 Å². The maximum absolute atomic E-state index is 12.7. The number of carbonyl (C=O) groups is 1. The predicted molar refractivity (Wildman–Crippen MR) is 117 cm³/mol. The average Bonchev–Trinajstić information content (AvgIpc) is 2.70. The van der Waals surface area contributed by atoms with Crippen LogP contribution in [0.2, 0.25) is 5.02 Å². The molecule has 1 atom stereocenters. The van der Waals surface area contributed by atoms with Crippen molar-refractivity contribution in [3.63, 3.8) is 0 Å². The van der Waals surface area contributed by atoms with E-state index in [9.17, 15) is 13.2 Å². The van der Waals surface area contributed by atoms with E-state index in [4.69, 9.17) is 11.6 Å². The fourth-order valence-electron chi connectivity index (χ4n) is 3.12. The molecule has 8 heteroatoms. The average molecular weight is 438 g/mol. The van der Waals surface area contributed by atoms with Crippen LogP contribution in [0.15, 0.2) is 53.4 Å². The normalized spacial score (nSPS) is 12.9. The summed E-state index contributed by atoms with van der Waals surface area (Å²) < 4.78 is 26.8. The second-order valence-electron chi connectivity index (χ2n) is 6.83. The van der Waals surface area contributed by atoms with Gasteiger partial charge in [-0.15, -0.1) is 0 Å². The summed E-state index contributed by atoms with van der Waals surface area (Å²) in [5.41, 5.74) is 1.22. The Labute approximate surface area is 178 Å². The minimum Gasteiger partial charge on any atom is -0.350 e. The van der Waals surface area contributed by atoms with Gasteiger partial charge in [0.05, 0.1) is 10.9 Å². The molecule has 0 aliphatic heterocycles. The number of rotatable bonds is 9. The van der Waals surface area contributed by atoms with Gasteiger partial charge in [0.1, 0.15) is 0 Å².